The van der Waals surface area contributed by atoms with Crippen molar-refractivity contribution in [3.63, 3.8) is 0 Å². The third-order valence-electron chi connectivity index (χ3n) is 2.84. The number of ether oxygens (including phenoxy) is 3. The number of nitrogens with one attached hydrogen (secondary N) is 1. The first-order valence-corrected chi connectivity index (χ1v) is 6.97. The van der Waals surface area contributed by atoms with Crippen molar-refractivity contribution in [2.24, 2.45) is 5.92 Å². The van der Waals surface area contributed by atoms with Gasteiger partial charge in [-0.1, -0.05) is 13.8 Å². The number of hydrogen-bond donors (Lipinski definition) is 2. The second-order valence-corrected chi connectivity index (χ2v) is 5.24. The van der Waals surface area contributed by atoms with Gasteiger partial charge in [0.15, 0.2) is 0 Å². The van der Waals surface area contributed by atoms with Crippen LogP contribution in [0.3, 0.4) is 0 Å². The molecule has 2 heterocycles. The van der Waals surface area contributed by atoms with E-state index in [4.69, 9.17) is 19.9 Å². The van der Waals surface area contributed by atoms with Crippen LogP contribution in [0.2, 0.25) is 0 Å². The molecule has 3 N–H and O–H groups in total. The first kappa shape index (κ1) is 14.9. The Hall–Kier alpha value is -1.53. The van der Waals surface area contributed by atoms with Gasteiger partial charge in [-0.25, -0.2) is 0 Å². The molecule has 20 heavy (non-hydrogen) atoms. The zero-order valence-corrected chi connectivity index (χ0v) is 12.1. The maximum atomic E-state index is 5.85. The van der Waals surface area contributed by atoms with Crippen LogP contribution in [0.5, 0.6) is 5.88 Å². The lowest BCUT2D eigenvalue weighted by molar-refractivity contribution is -0.0819. The molecule has 0 spiro atoms. The Bertz CT molecular complexity index is 420. The van der Waals surface area contributed by atoms with E-state index in [2.05, 4.69) is 24.1 Å². The second-order valence-electron chi connectivity index (χ2n) is 5.24. The third kappa shape index (κ3) is 4.54. The van der Waals surface area contributed by atoms with Crippen molar-refractivity contribution in [2.45, 2.75) is 20.0 Å². The average molecular weight is 281 g/mol. The van der Waals surface area contributed by atoms with Gasteiger partial charge in [-0.05, 0) is 18.1 Å². The van der Waals surface area contributed by atoms with Crippen LogP contribution in [-0.4, -0.2) is 44.1 Å². The van der Waals surface area contributed by atoms with Crippen LogP contribution >= 0.6 is 0 Å². The van der Waals surface area contributed by atoms with Gasteiger partial charge in [0.25, 0.3) is 0 Å². The Labute approximate surface area is 119 Å². The molecule has 0 aromatic carbocycles. The van der Waals surface area contributed by atoms with Gasteiger partial charge >= 0.3 is 0 Å². The topological polar surface area (TPSA) is 78.6 Å². The zero-order chi connectivity index (χ0) is 14.4. The molecule has 2 rings (SSSR count). The molecule has 0 amide bonds. The lowest BCUT2D eigenvalue weighted by atomic mass is 10.2. The van der Waals surface area contributed by atoms with Crippen molar-refractivity contribution in [3.8, 4) is 5.88 Å². The van der Waals surface area contributed by atoms with Crippen molar-refractivity contribution in [3.05, 3.63) is 12.1 Å². The second kappa shape index (κ2) is 7.31. The molecule has 0 aliphatic carbocycles. The Morgan fingerprint density at radius 1 is 1.45 bits per heavy atom. The molecule has 1 fully saturated rings. The molecule has 1 aliphatic rings. The number of anilines is 2. The molecule has 0 bridgehead atoms. The number of pyridine rings is 1. The minimum absolute atomic E-state index is 0.0585. The molecular weight excluding hydrogens is 258 g/mol. The average Bonchev–Trinajstić information content (AvgIpc) is 2.46. The largest absolute Gasteiger partial charge is 0.476 e. The summed E-state index contributed by atoms with van der Waals surface area (Å²) < 4.78 is 16.5. The number of nitrogens with zero attached hydrogens (tertiary/aromatic N) is 1. The summed E-state index contributed by atoms with van der Waals surface area (Å²) in [5, 5.41) is 3.22. The fraction of sp³-hybridized carbons (Fsp3) is 0.643. The number of nitrogens with two attached hydrogens (primary N) is 1. The summed E-state index contributed by atoms with van der Waals surface area (Å²) in [6.07, 6.45) is 0.0585. The molecule has 112 valence electrons. The van der Waals surface area contributed by atoms with Crippen molar-refractivity contribution in [2.75, 3.05) is 44.0 Å². The van der Waals surface area contributed by atoms with Crippen molar-refractivity contribution < 1.29 is 14.2 Å². The van der Waals surface area contributed by atoms with E-state index in [1.165, 1.54) is 0 Å². The first-order valence-electron chi connectivity index (χ1n) is 6.97. The Morgan fingerprint density at radius 3 is 3.00 bits per heavy atom. The summed E-state index contributed by atoms with van der Waals surface area (Å²) in [6.45, 7) is 7.34. The molecule has 6 heteroatoms. The van der Waals surface area contributed by atoms with Crippen LogP contribution in [0.4, 0.5) is 11.5 Å². The van der Waals surface area contributed by atoms with E-state index in [9.17, 15) is 0 Å². The van der Waals surface area contributed by atoms with Crippen LogP contribution in [0.15, 0.2) is 12.1 Å². The zero-order valence-electron chi connectivity index (χ0n) is 12.1. The number of aromatic nitrogens is 1. The standard InChI is InChI=1S/C14H23N3O3/c1-10(2)8-20-14-12(15)3-4-13(17-14)16-7-11-9-18-5-6-19-11/h3-4,10-11H,5-9,15H2,1-2H3,(H,16,17). The van der Waals surface area contributed by atoms with E-state index in [0.29, 0.717) is 50.5 Å². The van der Waals surface area contributed by atoms with Crippen molar-refractivity contribution in [1.82, 2.24) is 4.98 Å². The summed E-state index contributed by atoms with van der Waals surface area (Å²) in [4.78, 5) is 4.37. The summed E-state index contributed by atoms with van der Waals surface area (Å²) in [7, 11) is 0. The SMILES string of the molecule is CC(C)COc1nc(NCC2COCCO2)ccc1N. The highest BCUT2D eigenvalue weighted by molar-refractivity contribution is 5.53. The number of nitrogen functional groups attached to an aromatic ring is 1. The highest BCUT2D eigenvalue weighted by Gasteiger charge is 2.14. The first-order chi connectivity index (χ1) is 9.65. The van der Waals surface area contributed by atoms with Crippen LogP contribution in [0, 0.1) is 5.92 Å². The minimum Gasteiger partial charge on any atom is -0.476 e. The lowest BCUT2D eigenvalue weighted by Gasteiger charge is -2.23. The maximum Gasteiger partial charge on any atom is 0.239 e. The van der Waals surface area contributed by atoms with Crippen molar-refractivity contribution >= 4 is 11.5 Å². The fourth-order valence-corrected chi connectivity index (χ4v) is 1.78. The summed E-state index contributed by atoms with van der Waals surface area (Å²) in [6, 6.07) is 3.63. The molecule has 1 aromatic rings. The molecule has 1 saturated heterocycles. The minimum atomic E-state index is 0.0585. The van der Waals surface area contributed by atoms with Gasteiger partial charge in [-0.15, -0.1) is 0 Å². The van der Waals surface area contributed by atoms with Gasteiger partial charge in [0, 0.05) is 6.54 Å². The van der Waals surface area contributed by atoms with Gasteiger partial charge in [0.1, 0.15) is 5.82 Å². The normalized spacial score (nSPS) is 19.1. The van der Waals surface area contributed by atoms with E-state index in [1.807, 2.05) is 6.07 Å². The molecule has 0 saturated carbocycles. The van der Waals surface area contributed by atoms with Gasteiger partial charge in [-0.3, -0.25) is 0 Å². The quantitative estimate of drug-likeness (QED) is 0.823. The van der Waals surface area contributed by atoms with E-state index in [1.54, 1.807) is 6.07 Å². The van der Waals surface area contributed by atoms with E-state index < -0.39 is 0 Å². The fourth-order valence-electron chi connectivity index (χ4n) is 1.78. The van der Waals surface area contributed by atoms with Gasteiger partial charge in [-0.2, -0.15) is 4.98 Å². The molecule has 1 aromatic heterocycles. The summed E-state index contributed by atoms with van der Waals surface area (Å²) in [5.41, 5.74) is 6.40. The van der Waals surface area contributed by atoms with Crippen LogP contribution in [0.25, 0.3) is 0 Å². The van der Waals surface area contributed by atoms with Gasteiger partial charge < -0.3 is 25.3 Å². The molecule has 1 atom stereocenters. The van der Waals surface area contributed by atoms with Crippen LogP contribution in [-0.2, 0) is 9.47 Å². The number of hydrogen-bond acceptors (Lipinski definition) is 6. The van der Waals surface area contributed by atoms with E-state index in [0.717, 1.165) is 5.82 Å². The molecule has 0 radical (unpaired) electrons. The summed E-state index contributed by atoms with van der Waals surface area (Å²) >= 11 is 0. The monoisotopic (exact) mass is 281 g/mol. The highest BCUT2D eigenvalue weighted by atomic mass is 16.6. The predicted octanol–water partition coefficient (Wildman–Crippen LogP) is 1.53. The van der Waals surface area contributed by atoms with E-state index in [-0.39, 0.29) is 6.10 Å². The lowest BCUT2D eigenvalue weighted by Crippen LogP contribution is -2.34. The van der Waals surface area contributed by atoms with Gasteiger partial charge in [0.05, 0.1) is 38.2 Å². The smallest absolute Gasteiger partial charge is 0.239 e. The Kier molecular flexibility index (Phi) is 5.43. The maximum absolute atomic E-state index is 5.85. The van der Waals surface area contributed by atoms with Crippen LogP contribution in [0.1, 0.15) is 13.8 Å². The number of rotatable bonds is 6. The molecule has 1 aliphatic heterocycles. The Morgan fingerprint density at radius 2 is 2.30 bits per heavy atom. The van der Waals surface area contributed by atoms with Crippen molar-refractivity contribution in [1.29, 1.82) is 0 Å². The third-order valence-corrected chi connectivity index (χ3v) is 2.84. The van der Waals surface area contributed by atoms with Gasteiger partial charge in [0.2, 0.25) is 5.88 Å². The highest BCUT2D eigenvalue weighted by Crippen LogP contribution is 2.21. The molecule has 1 unspecified atom stereocenters. The summed E-state index contributed by atoms with van der Waals surface area (Å²) in [5.74, 6) is 1.64. The van der Waals surface area contributed by atoms with Crippen LogP contribution < -0.4 is 15.8 Å². The van der Waals surface area contributed by atoms with E-state index >= 15 is 0 Å². The molecular formula is C14H23N3O3. The molecule has 6 nitrogen and oxygen atoms in total. The Balaban J connectivity index is 1.89. The predicted molar refractivity (Wildman–Crippen MR) is 78.0 cm³/mol.